The first-order valence-electron chi connectivity index (χ1n) is 5.67. The summed E-state index contributed by atoms with van der Waals surface area (Å²) in [6.45, 7) is 5.86. The van der Waals surface area contributed by atoms with Crippen LogP contribution in [-0.2, 0) is 11.3 Å². The predicted octanol–water partition coefficient (Wildman–Crippen LogP) is 2.10. The molecule has 1 aliphatic rings. The Morgan fingerprint density at radius 2 is 2.47 bits per heavy atom. The second kappa shape index (κ2) is 5.33. The Hall–Kier alpha value is -0.800. The lowest BCUT2D eigenvalue weighted by Gasteiger charge is -2.07. The fourth-order valence-corrected chi connectivity index (χ4v) is 1.90. The van der Waals surface area contributed by atoms with Gasteiger partial charge in [0, 0.05) is 13.2 Å². The van der Waals surface area contributed by atoms with Gasteiger partial charge in [-0.05, 0) is 43.9 Å². The van der Waals surface area contributed by atoms with Crippen molar-refractivity contribution < 1.29 is 9.15 Å². The molecule has 0 aromatic carbocycles. The molecule has 1 atom stereocenters. The van der Waals surface area contributed by atoms with Crippen molar-refractivity contribution in [1.82, 2.24) is 5.32 Å². The zero-order chi connectivity index (χ0) is 10.5. The van der Waals surface area contributed by atoms with Crippen LogP contribution in [0.25, 0.3) is 0 Å². The average Bonchev–Trinajstić information content (AvgIpc) is 2.85. The van der Waals surface area contributed by atoms with Crippen LogP contribution in [0.5, 0.6) is 0 Å². The van der Waals surface area contributed by atoms with Crippen molar-refractivity contribution in [2.24, 2.45) is 5.92 Å². The van der Waals surface area contributed by atoms with Gasteiger partial charge in [-0.2, -0.15) is 0 Å². The second-order valence-electron chi connectivity index (χ2n) is 4.22. The van der Waals surface area contributed by atoms with Crippen molar-refractivity contribution in [3.05, 3.63) is 23.7 Å². The molecule has 1 aliphatic heterocycles. The summed E-state index contributed by atoms with van der Waals surface area (Å²) in [7, 11) is 0. The maximum absolute atomic E-state index is 5.35. The molecule has 1 saturated heterocycles. The van der Waals surface area contributed by atoms with E-state index in [1.54, 1.807) is 6.26 Å². The van der Waals surface area contributed by atoms with Gasteiger partial charge in [-0.3, -0.25) is 0 Å². The van der Waals surface area contributed by atoms with Crippen LogP contribution in [0, 0.1) is 12.8 Å². The molecule has 0 aliphatic carbocycles. The van der Waals surface area contributed by atoms with E-state index in [0.29, 0.717) is 0 Å². The molecule has 0 amide bonds. The van der Waals surface area contributed by atoms with E-state index in [-0.39, 0.29) is 0 Å². The lowest BCUT2D eigenvalue weighted by Crippen LogP contribution is -2.18. The maximum atomic E-state index is 5.35. The first kappa shape index (κ1) is 10.7. The van der Waals surface area contributed by atoms with E-state index in [2.05, 4.69) is 12.2 Å². The van der Waals surface area contributed by atoms with Gasteiger partial charge in [-0.15, -0.1) is 0 Å². The minimum Gasteiger partial charge on any atom is -0.468 e. The monoisotopic (exact) mass is 209 g/mol. The van der Waals surface area contributed by atoms with Gasteiger partial charge < -0.3 is 14.5 Å². The van der Waals surface area contributed by atoms with Gasteiger partial charge in [0.2, 0.25) is 0 Å². The van der Waals surface area contributed by atoms with E-state index in [0.717, 1.165) is 38.0 Å². The first-order chi connectivity index (χ1) is 7.36. The molecule has 1 N–H and O–H groups in total. The number of hydrogen-bond donors (Lipinski definition) is 1. The summed E-state index contributed by atoms with van der Waals surface area (Å²) in [4.78, 5) is 0. The molecule has 84 valence electrons. The zero-order valence-electron chi connectivity index (χ0n) is 9.29. The minimum absolute atomic E-state index is 0.759. The van der Waals surface area contributed by atoms with Crippen LogP contribution in [-0.4, -0.2) is 19.8 Å². The third-order valence-electron chi connectivity index (χ3n) is 3.01. The standard InChI is InChI=1S/C12H19NO2/c1-10-3-7-15-12(10)8-13-5-2-11-4-6-14-9-11/h3,7,11,13H,2,4-6,8-9H2,1H3. The van der Waals surface area contributed by atoms with Gasteiger partial charge in [0.05, 0.1) is 12.8 Å². The molecule has 2 heterocycles. The summed E-state index contributed by atoms with van der Waals surface area (Å²) in [5.74, 6) is 1.81. The van der Waals surface area contributed by atoms with Crippen molar-refractivity contribution in [3.63, 3.8) is 0 Å². The van der Waals surface area contributed by atoms with Crippen LogP contribution in [0.3, 0.4) is 0 Å². The molecule has 1 aromatic heterocycles. The molecular formula is C12H19NO2. The SMILES string of the molecule is Cc1ccoc1CNCCC1CCOC1. The Labute approximate surface area is 90.8 Å². The normalized spacial score (nSPS) is 21.0. The molecule has 3 heteroatoms. The van der Waals surface area contributed by atoms with E-state index in [1.807, 2.05) is 6.07 Å². The van der Waals surface area contributed by atoms with Gasteiger partial charge in [0.25, 0.3) is 0 Å². The van der Waals surface area contributed by atoms with Gasteiger partial charge in [0.15, 0.2) is 0 Å². The van der Waals surface area contributed by atoms with E-state index < -0.39 is 0 Å². The first-order valence-corrected chi connectivity index (χ1v) is 5.67. The lowest BCUT2D eigenvalue weighted by atomic mass is 10.1. The van der Waals surface area contributed by atoms with E-state index >= 15 is 0 Å². The number of furan rings is 1. The molecule has 1 unspecified atom stereocenters. The minimum atomic E-state index is 0.759. The van der Waals surface area contributed by atoms with Gasteiger partial charge in [-0.25, -0.2) is 0 Å². The quantitative estimate of drug-likeness (QED) is 0.754. The van der Waals surface area contributed by atoms with Crippen LogP contribution in [0.2, 0.25) is 0 Å². The maximum Gasteiger partial charge on any atom is 0.120 e. The number of nitrogens with one attached hydrogen (secondary N) is 1. The Kier molecular flexibility index (Phi) is 3.80. The van der Waals surface area contributed by atoms with Crippen LogP contribution in [0.1, 0.15) is 24.2 Å². The summed E-state index contributed by atoms with van der Waals surface area (Å²) in [6, 6.07) is 2.00. The molecule has 15 heavy (non-hydrogen) atoms. The molecule has 2 rings (SSSR count). The summed E-state index contributed by atoms with van der Waals surface area (Å²) in [5.41, 5.74) is 1.23. The van der Waals surface area contributed by atoms with Crippen molar-refractivity contribution in [3.8, 4) is 0 Å². The third-order valence-corrected chi connectivity index (χ3v) is 3.01. The van der Waals surface area contributed by atoms with Crippen LogP contribution in [0.15, 0.2) is 16.7 Å². The van der Waals surface area contributed by atoms with E-state index in [9.17, 15) is 0 Å². The molecule has 1 aromatic rings. The topological polar surface area (TPSA) is 34.4 Å². The fraction of sp³-hybridized carbons (Fsp3) is 0.667. The van der Waals surface area contributed by atoms with E-state index in [1.165, 1.54) is 18.4 Å². The van der Waals surface area contributed by atoms with Crippen LogP contribution in [0.4, 0.5) is 0 Å². The lowest BCUT2D eigenvalue weighted by molar-refractivity contribution is 0.184. The Balaban J connectivity index is 1.60. The smallest absolute Gasteiger partial charge is 0.120 e. The number of hydrogen-bond acceptors (Lipinski definition) is 3. The molecule has 3 nitrogen and oxygen atoms in total. The van der Waals surface area contributed by atoms with Crippen molar-refractivity contribution in [2.75, 3.05) is 19.8 Å². The van der Waals surface area contributed by atoms with Gasteiger partial charge in [0.1, 0.15) is 5.76 Å². The highest BCUT2D eigenvalue weighted by Crippen LogP contribution is 2.15. The highest BCUT2D eigenvalue weighted by molar-refractivity contribution is 5.13. The van der Waals surface area contributed by atoms with Crippen LogP contribution < -0.4 is 5.32 Å². The highest BCUT2D eigenvalue weighted by atomic mass is 16.5. The molecule has 0 radical (unpaired) electrons. The van der Waals surface area contributed by atoms with Gasteiger partial charge in [-0.1, -0.05) is 0 Å². The van der Waals surface area contributed by atoms with Crippen molar-refractivity contribution >= 4 is 0 Å². The molecule has 1 fully saturated rings. The largest absolute Gasteiger partial charge is 0.468 e. The summed E-state index contributed by atoms with van der Waals surface area (Å²) < 4.78 is 10.7. The van der Waals surface area contributed by atoms with E-state index in [4.69, 9.17) is 9.15 Å². The average molecular weight is 209 g/mol. The molecule has 0 bridgehead atoms. The predicted molar refractivity (Wildman–Crippen MR) is 58.7 cm³/mol. The summed E-state index contributed by atoms with van der Waals surface area (Å²) in [6.07, 6.45) is 4.18. The number of aryl methyl sites for hydroxylation is 1. The number of ether oxygens (including phenoxy) is 1. The Morgan fingerprint density at radius 1 is 1.53 bits per heavy atom. The van der Waals surface area contributed by atoms with Crippen molar-refractivity contribution in [2.45, 2.75) is 26.3 Å². The second-order valence-corrected chi connectivity index (χ2v) is 4.22. The summed E-state index contributed by atoms with van der Waals surface area (Å²) >= 11 is 0. The number of rotatable bonds is 5. The van der Waals surface area contributed by atoms with Crippen molar-refractivity contribution in [1.29, 1.82) is 0 Å². The fourth-order valence-electron chi connectivity index (χ4n) is 1.90. The zero-order valence-corrected chi connectivity index (χ0v) is 9.29. The van der Waals surface area contributed by atoms with Gasteiger partial charge >= 0.3 is 0 Å². The van der Waals surface area contributed by atoms with Crippen LogP contribution >= 0.6 is 0 Å². The summed E-state index contributed by atoms with van der Waals surface area (Å²) in [5, 5.41) is 3.41. The Bertz CT molecular complexity index is 290. The Morgan fingerprint density at radius 3 is 3.13 bits per heavy atom. The highest BCUT2D eigenvalue weighted by Gasteiger charge is 2.14. The third kappa shape index (κ3) is 3.08. The molecule has 0 spiro atoms. The molecule has 0 saturated carbocycles. The molecular weight excluding hydrogens is 190 g/mol.